The van der Waals surface area contributed by atoms with Crippen molar-refractivity contribution >= 4 is 17.9 Å². The Morgan fingerprint density at radius 1 is 1.00 bits per heavy atom. The van der Waals surface area contributed by atoms with Crippen molar-refractivity contribution in [3.63, 3.8) is 0 Å². The lowest BCUT2D eigenvalue weighted by Gasteiger charge is -2.37. The van der Waals surface area contributed by atoms with Crippen LogP contribution in [-0.2, 0) is 16.0 Å². The van der Waals surface area contributed by atoms with E-state index in [1.54, 1.807) is 0 Å². The molecule has 3 aliphatic rings. The Kier molecular flexibility index (Phi) is 4.60. The Labute approximate surface area is 149 Å². The van der Waals surface area contributed by atoms with E-state index in [2.05, 4.69) is 18.2 Å². The maximum atomic E-state index is 12.9. The molecule has 4 heteroatoms. The van der Waals surface area contributed by atoms with E-state index in [9.17, 15) is 9.59 Å². The second kappa shape index (κ2) is 7.03. The molecule has 0 saturated carbocycles. The van der Waals surface area contributed by atoms with Gasteiger partial charge in [0.25, 0.3) is 0 Å². The first-order chi connectivity index (χ1) is 12.2. The highest BCUT2D eigenvalue weighted by molar-refractivity contribution is 5.89. The highest BCUT2D eigenvalue weighted by Crippen LogP contribution is 2.28. The van der Waals surface area contributed by atoms with Gasteiger partial charge in [-0.05, 0) is 49.7 Å². The molecule has 2 aliphatic heterocycles. The summed E-state index contributed by atoms with van der Waals surface area (Å²) < 4.78 is 0. The van der Waals surface area contributed by atoms with Gasteiger partial charge in [-0.1, -0.05) is 35.9 Å². The Morgan fingerprint density at radius 2 is 1.76 bits per heavy atom. The lowest BCUT2D eigenvalue weighted by Crippen LogP contribution is -2.52. The maximum Gasteiger partial charge on any atom is 0.245 e. The van der Waals surface area contributed by atoms with Crippen LogP contribution in [0.4, 0.5) is 0 Å². The van der Waals surface area contributed by atoms with Crippen molar-refractivity contribution in [3.05, 3.63) is 41.0 Å². The molecule has 2 saturated heterocycles. The molecule has 132 valence electrons. The number of likely N-dealkylation sites (tertiary alicyclic amines) is 2. The molecular weight excluding hydrogens is 312 g/mol. The van der Waals surface area contributed by atoms with Crippen LogP contribution in [-0.4, -0.2) is 47.3 Å². The molecule has 4 nitrogen and oxygen atoms in total. The number of fused-ring (bicyclic) bond motifs is 1. The molecule has 0 radical (unpaired) electrons. The predicted octanol–water partition coefficient (Wildman–Crippen LogP) is 3.02. The SMILES string of the molecule is O=C(C1CCCCN1C(=O)CC1=Cc2ccccc2C1)N1CCCC1. The summed E-state index contributed by atoms with van der Waals surface area (Å²) in [4.78, 5) is 29.6. The number of hydrogen-bond donors (Lipinski definition) is 0. The normalized spacial score (nSPS) is 22.7. The van der Waals surface area contributed by atoms with Crippen LogP contribution in [0.25, 0.3) is 6.08 Å². The van der Waals surface area contributed by atoms with Crippen molar-refractivity contribution in [2.75, 3.05) is 19.6 Å². The summed E-state index contributed by atoms with van der Waals surface area (Å²) in [6, 6.07) is 8.09. The third-order valence-corrected chi connectivity index (χ3v) is 5.74. The van der Waals surface area contributed by atoms with Crippen LogP contribution in [0, 0.1) is 0 Å². The first-order valence-electron chi connectivity index (χ1n) is 9.58. The molecule has 0 spiro atoms. The van der Waals surface area contributed by atoms with E-state index >= 15 is 0 Å². The topological polar surface area (TPSA) is 40.6 Å². The van der Waals surface area contributed by atoms with E-state index in [-0.39, 0.29) is 17.9 Å². The Balaban J connectivity index is 1.44. The van der Waals surface area contributed by atoms with Gasteiger partial charge in [-0.2, -0.15) is 0 Å². The molecule has 2 heterocycles. The van der Waals surface area contributed by atoms with Gasteiger partial charge in [-0.3, -0.25) is 9.59 Å². The van der Waals surface area contributed by atoms with Gasteiger partial charge in [0.1, 0.15) is 6.04 Å². The minimum Gasteiger partial charge on any atom is -0.341 e. The summed E-state index contributed by atoms with van der Waals surface area (Å²) in [6.45, 7) is 2.44. The Bertz CT molecular complexity index is 704. The number of hydrogen-bond acceptors (Lipinski definition) is 2. The summed E-state index contributed by atoms with van der Waals surface area (Å²) in [7, 11) is 0. The fraction of sp³-hybridized carbons (Fsp3) is 0.524. The van der Waals surface area contributed by atoms with Crippen molar-refractivity contribution < 1.29 is 9.59 Å². The van der Waals surface area contributed by atoms with Crippen molar-refractivity contribution in [3.8, 4) is 0 Å². The quantitative estimate of drug-likeness (QED) is 0.850. The zero-order valence-corrected chi connectivity index (χ0v) is 14.7. The third-order valence-electron chi connectivity index (χ3n) is 5.74. The second-order valence-corrected chi connectivity index (χ2v) is 7.49. The third kappa shape index (κ3) is 3.35. The van der Waals surface area contributed by atoms with Gasteiger partial charge in [-0.15, -0.1) is 0 Å². The van der Waals surface area contributed by atoms with Gasteiger partial charge in [-0.25, -0.2) is 0 Å². The first kappa shape index (κ1) is 16.4. The molecule has 0 N–H and O–H groups in total. The molecule has 2 amide bonds. The van der Waals surface area contributed by atoms with Gasteiger partial charge in [0.15, 0.2) is 0 Å². The van der Waals surface area contributed by atoms with Crippen LogP contribution >= 0.6 is 0 Å². The highest BCUT2D eigenvalue weighted by atomic mass is 16.2. The molecule has 25 heavy (non-hydrogen) atoms. The van der Waals surface area contributed by atoms with Crippen molar-refractivity contribution in [2.24, 2.45) is 0 Å². The molecule has 4 rings (SSSR count). The summed E-state index contributed by atoms with van der Waals surface area (Å²) in [6.07, 6.45) is 8.51. The lowest BCUT2D eigenvalue weighted by molar-refractivity contribution is -0.146. The number of carbonyl (C=O) groups excluding carboxylic acids is 2. The van der Waals surface area contributed by atoms with Gasteiger partial charge < -0.3 is 9.80 Å². The van der Waals surface area contributed by atoms with E-state index in [0.29, 0.717) is 6.42 Å². The Morgan fingerprint density at radius 3 is 2.56 bits per heavy atom. The summed E-state index contributed by atoms with van der Waals surface area (Å²) in [5.41, 5.74) is 3.70. The Hall–Kier alpha value is -2.10. The smallest absolute Gasteiger partial charge is 0.245 e. The predicted molar refractivity (Wildman–Crippen MR) is 97.9 cm³/mol. The number of rotatable bonds is 3. The molecule has 1 aromatic rings. The van der Waals surface area contributed by atoms with Gasteiger partial charge in [0.05, 0.1) is 0 Å². The number of amides is 2. The zero-order valence-electron chi connectivity index (χ0n) is 14.7. The maximum absolute atomic E-state index is 12.9. The van der Waals surface area contributed by atoms with E-state index < -0.39 is 0 Å². The van der Waals surface area contributed by atoms with Crippen molar-refractivity contribution in [2.45, 2.75) is 51.0 Å². The van der Waals surface area contributed by atoms with Gasteiger partial charge >= 0.3 is 0 Å². The summed E-state index contributed by atoms with van der Waals surface area (Å²) in [5.74, 6) is 0.297. The standard InChI is InChI=1S/C21H26N2O2/c24-20(15-16-13-17-7-1-2-8-18(17)14-16)23-12-4-3-9-19(23)21(25)22-10-5-6-11-22/h1-2,7-8,13,19H,3-6,9-12,14-15H2. The fourth-order valence-corrected chi connectivity index (χ4v) is 4.40. The molecule has 1 aliphatic carbocycles. The largest absolute Gasteiger partial charge is 0.341 e. The van der Waals surface area contributed by atoms with E-state index in [0.717, 1.165) is 58.2 Å². The minimum atomic E-state index is -0.233. The molecule has 0 bridgehead atoms. The minimum absolute atomic E-state index is 0.122. The van der Waals surface area contributed by atoms with Crippen LogP contribution in [0.1, 0.15) is 49.7 Å². The number of carbonyl (C=O) groups is 2. The zero-order chi connectivity index (χ0) is 17.2. The van der Waals surface area contributed by atoms with Crippen molar-refractivity contribution in [1.29, 1.82) is 0 Å². The molecule has 1 aromatic carbocycles. The fourth-order valence-electron chi connectivity index (χ4n) is 4.40. The average Bonchev–Trinajstić information content (AvgIpc) is 3.30. The second-order valence-electron chi connectivity index (χ2n) is 7.49. The summed E-state index contributed by atoms with van der Waals surface area (Å²) in [5, 5.41) is 0. The molecule has 0 aromatic heterocycles. The van der Waals surface area contributed by atoms with Crippen LogP contribution in [0.15, 0.2) is 29.8 Å². The van der Waals surface area contributed by atoms with Crippen molar-refractivity contribution in [1.82, 2.24) is 9.80 Å². The molecule has 1 atom stereocenters. The van der Waals surface area contributed by atoms with E-state index in [1.807, 2.05) is 21.9 Å². The highest BCUT2D eigenvalue weighted by Gasteiger charge is 2.35. The van der Waals surface area contributed by atoms with Crippen LogP contribution in [0.5, 0.6) is 0 Å². The molecule has 2 fully saturated rings. The number of nitrogens with zero attached hydrogens (tertiary/aromatic N) is 2. The van der Waals surface area contributed by atoms with E-state index in [1.165, 1.54) is 16.7 Å². The average molecular weight is 338 g/mol. The number of benzene rings is 1. The van der Waals surface area contributed by atoms with Crippen LogP contribution in [0.3, 0.4) is 0 Å². The molecular formula is C21H26N2O2. The van der Waals surface area contributed by atoms with Gasteiger partial charge in [0, 0.05) is 26.1 Å². The lowest BCUT2D eigenvalue weighted by atomic mass is 9.99. The monoisotopic (exact) mass is 338 g/mol. The van der Waals surface area contributed by atoms with Crippen LogP contribution < -0.4 is 0 Å². The number of piperidine rings is 1. The van der Waals surface area contributed by atoms with Gasteiger partial charge in [0.2, 0.25) is 11.8 Å². The first-order valence-corrected chi connectivity index (χ1v) is 9.58. The summed E-state index contributed by atoms with van der Waals surface area (Å²) >= 11 is 0. The molecule has 1 unspecified atom stereocenters. The van der Waals surface area contributed by atoms with Crippen LogP contribution in [0.2, 0.25) is 0 Å². The van der Waals surface area contributed by atoms with E-state index in [4.69, 9.17) is 0 Å².